The highest BCUT2D eigenvalue weighted by atomic mass is 35.5. The van der Waals surface area contributed by atoms with E-state index in [4.69, 9.17) is 21.3 Å². The van der Waals surface area contributed by atoms with Crippen molar-refractivity contribution < 1.29 is 9.53 Å². The van der Waals surface area contributed by atoms with Gasteiger partial charge in [-0.05, 0) is 48.7 Å². The number of carbonyl (C=O) groups excluding carboxylic acids is 1. The summed E-state index contributed by atoms with van der Waals surface area (Å²) in [4.78, 5) is 31.8. The van der Waals surface area contributed by atoms with Gasteiger partial charge in [-0.2, -0.15) is 0 Å². The molecule has 0 unspecified atom stereocenters. The number of rotatable bonds is 4. The number of aromatic amines is 1. The van der Waals surface area contributed by atoms with Crippen LogP contribution in [0.2, 0.25) is 5.02 Å². The van der Waals surface area contributed by atoms with E-state index in [1.54, 1.807) is 18.5 Å². The van der Waals surface area contributed by atoms with Crippen LogP contribution in [0.1, 0.15) is 36.1 Å². The maximum atomic E-state index is 12.8. The molecule has 2 aromatic heterocycles. The second kappa shape index (κ2) is 9.65. The fraction of sp³-hybridized carbons (Fsp3) is 0.231. The average molecular weight is 474 g/mol. The number of nitrogens with zero attached hydrogens (tertiary/aromatic N) is 4. The Bertz CT molecular complexity index is 1260. The van der Waals surface area contributed by atoms with E-state index in [-0.39, 0.29) is 18.1 Å². The highest BCUT2D eigenvalue weighted by Gasteiger charge is 2.36. The number of piperidine rings is 1. The molecule has 1 aliphatic heterocycles. The average Bonchev–Trinajstić information content (AvgIpc) is 3.35. The van der Waals surface area contributed by atoms with E-state index in [0.717, 1.165) is 29.7 Å². The number of hydrogen-bond donors (Lipinski definition) is 1. The van der Waals surface area contributed by atoms with E-state index in [2.05, 4.69) is 27.1 Å². The molecule has 1 amide bonds. The summed E-state index contributed by atoms with van der Waals surface area (Å²) in [7, 11) is 1.42. The molecule has 1 saturated heterocycles. The van der Waals surface area contributed by atoms with Crippen molar-refractivity contribution in [1.29, 1.82) is 0 Å². The van der Waals surface area contributed by atoms with Crippen molar-refractivity contribution in [3.63, 3.8) is 0 Å². The van der Waals surface area contributed by atoms with Crippen LogP contribution in [0, 0.1) is 0 Å². The van der Waals surface area contributed by atoms with Crippen molar-refractivity contribution in [1.82, 2.24) is 24.8 Å². The topological polar surface area (TPSA) is 84.0 Å². The minimum absolute atomic E-state index is 0.0198. The zero-order valence-electron chi connectivity index (χ0n) is 18.7. The van der Waals surface area contributed by atoms with Crippen LogP contribution in [0.3, 0.4) is 0 Å². The number of methoxy groups -OCH3 is 1. The summed E-state index contributed by atoms with van der Waals surface area (Å²) in [5, 5.41) is 0.662. The Hall–Kier alpha value is -3.71. The van der Waals surface area contributed by atoms with E-state index in [9.17, 15) is 4.79 Å². The predicted molar refractivity (Wildman–Crippen MR) is 130 cm³/mol. The summed E-state index contributed by atoms with van der Waals surface area (Å²) in [5.74, 6) is 1.28. The molecule has 0 radical (unpaired) electrons. The number of halogens is 1. The molecule has 8 heteroatoms. The first-order valence-corrected chi connectivity index (χ1v) is 11.5. The number of hydrogen-bond acceptors (Lipinski definition) is 5. The lowest BCUT2D eigenvalue weighted by Crippen LogP contribution is -2.41. The van der Waals surface area contributed by atoms with Crippen LogP contribution in [-0.4, -0.2) is 44.6 Å². The van der Waals surface area contributed by atoms with Crippen molar-refractivity contribution in [2.45, 2.75) is 24.8 Å². The molecule has 34 heavy (non-hydrogen) atoms. The monoisotopic (exact) mass is 473 g/mol. The Morgan fingerprint density at radius 1 is 1.03 bits per heavy atom. The summed E-state index contributed by atoms with van der Waals surface area (Å²) in [6.45, 7) is 0.494. The zero-order valence-corrected chi connectivity index (χ0v) is 19.4. The van der Waals surface area contributed by atoms with Gasteiger partial charge in [-0.3, -0.25) is 0 Å². The predicted octanol–water partition coefficient (Wildman–Crippen LogP) is 5.87. The van der Waals surface area contributed by atoms with Gasteiger partial charge in [-0.25, -0.2) is 19.7 Å². The second-order valence-electron chi connectivity index (χ2n) is 8.25. The minimum atomic E-state index is -0.339. The van der Waals surface area contributed by atoms with Gasteiger partial charge in [0.2, 0.25) is 0 Å². The fourth-order valence-electron chi connectivity index (χ4n) is 4.57. The van der Waals surface area contributed by atoms with Crippen molar-refractivity contribution in [2.24, 2.45) is 0 Å². The fourth-order valence-corrected chi connectivity index (χ4v) is 4.69. The van der Waals surface area contributed by atoms with Gasteiger partial charge in [0.25, 0.3) is 0 Å². The third-order valence-electron chi connectivity index (χ3n) is 6.21. The first kappa shape index (κ1) is 22.1. The highest BCUT2D eigenvalue weighted by molar-refractivity contribution is 6.30. The Morgan fingerprint density at radius 2 is 1.76 bits per heavy atom. The van der Waals surface area contributed by atoms with Gasteiger partial charge in [0.05, 0.1) is 18.8 Å². The van der Waals surface area contributed by atoms with Gasteiger partial charge >= 0.3 is 6.09 Å². The lowest BCUT2D eigenvalue weighted by molar-refractivity contribution is 0.0830. The molecule has 5 rings (SSSR count). The highest BCUT2D eigenvalue weighted by Crippen LogP contribution is 2.40. The zero-order chi connectivity index (χ0) is 23.5. The molecule has 1 N–H and O–H groups in total. The smallest absolute Gasteiger partial charge is 0.410 e. The SMILES string of the molecule is COC(=O)N1C[C@H](c2[nH]c(-c3ccc(Cl)cc3)nc2-c2ncccn2)CC[C@@H]1c1ccccc1. The molecule has 0 spiro atoms. The number of aromatic nitrogens is 4. The first-order chi connectivity index (χ1) is 16.6. The molecule has 0 bridgehead atoms. The second-order valence-corrected chi connectivity index (χ2v) is 8.69. The summed E-state index contributed by atoms with van der Waals surface area (Å²) < 4.78 is 5.15. The van der Waals surface area contributed by atoms with E-state index in [1.807, 2.05) is 47.4 Å². The van der Waals surface area contributed by atoms with Crippen molar-refractivity contribution in [3.05, 3.63) is 89.3 Å². The summed E-state index contributed by atoms with van der Waals surface area (Å²) in [6.07, 6.45) is 4.74. The lowest BCUT2D eigenvalue weighted by atomic mass is 9.86. The Morgan fingerprint density at radius 3 is 2.47 bits per heavy atom. The van der Waals surface area contributed by atoms with Crippen molar-refractivity contribution in [2.75, 3.05) is 13.7 Å². The third-order valence-corrected chi connectivity index (χ3v) is 6.46. The Labute approximate surface area is 202 Å². The van der Waals surface area contributed by atoms with Crippen molar-refractivity contribution in [3.8, 4) is 22.9 Å². The van der Waals surface area contributed by atoms with Gasteiger partial charge in [0, 0.05) is 35.4 Å². The Balaban J connectivity index is 1.53. The number of imidazole rings is 1. The maximum Gasteiger partial charge on any atom is 0.410 e. The molecule has 1 aliphatic rings. The minimum Gasteiger partial charge on any atom is -0.453 e. The number of nitrogens with one attached hydrogen (secondary N) is 1. The van der Waals surface area contributed by atoms with E-state index in [0.29, 0.717) is 28.9 Å². The lowest BCUT2D eigenvalue weighted by Gasteiger charge is -2.38. The van der Waals surface area contributed by atoms with Gasteiger partial charge in [-0.15, -0.1) is 0 Å². The van der Waals surface area contributed by atoms with Gasteiger partial charge in [0.15, 0.2) is 5.82 Å². The number of likely N-dealkylation sites (tertiary alicyclic amines) is 1. The van der Waals surface area contributed by atoms with Gasteiger partial charge in [0.1, 0.15) is 11.5 Å². The molecule has 3 heterocycles. The molecule has 4 aromatic rings. The van der Waals surface area contributed by atoms with Crippen LogP contribution < -0.4 is 0 Å². The van der Waals surface area contributed by atoms with Crippen LogP contribution in [0.4, 0.5) is 4.79 Å². The first-order valence-electron chi connectivity index (χ1n) is 11.2. The molecule has 0 saturated carbocycles. The van der Waals surface area contributed by atoms with Crippen LogP contribution in [0.15, 0.2) is 73.1 Å². The maximum absolute atomic E-state index is 12.8. The van der Waals surface area contributed by atoms with Gasteiger partial charge < -0.3 is 14.6 Å². The largest absolute Gasteiger partial charge is 0.453 e. The van der Waals surface area contributed by atoms with E-state index >= 15 is 0 Å². The molecule has 2 atom stereocenters. The summed E-state index contributed by atoms with van der Waals surface area (Å²) >= 11 is 6.08. The summed E-state index contributed by atoms with van der Waals surface area (Å²) in [6, 6.07) is 19.3. The molecular weight excluding hydrogens is 450 g/mol. The quantitative estimate of drug-likeness (QED) is 0.400. The van der Waals surface area contributed by atoms with Crippen LogP contribution >= 0.6 is 11.6 Å². The van der Waals surface area contributed by atoms with E-state index < -0.39 is 0 Å². The summed E-state index contributed by atoms with van der Waals surface area (Å²) in [5.41, 5.74) is 3.62. The Kier molecular flexibility index (Phi) is 6.27. The molecule has 1 fully saturated rings. The molecule has 0 aliphatic carbocycles. The number of carbonyl (C=O) groups is 1. The molecule has 172 valence electrons. The number of ether oxygens (including phenoxy) is 1. The van der Waals surface area contributed by atoms with Crippen LogP contribution in [0.5, 0.6) is 0 Å². The molecule has 2 aromatic carbocycles. The number of benzene rings is 2. The normalized spacial score (nSPS) is 18.0. The van der Waals surface area contributed by atoms with Crippen LogP contribution in [0.25, 0.3) is 22.9 Å². The number of H-pyrrole nitrogens is 1. The van der Waals surface area contributed by atoms with Gasteiger partial charge in [-0.1, -0.05) is 41.9 Å². The standard InChI is InChI=1S/C26H24ClN5O2/c1-34-26(33)32-16-19(10-13-21(32)17-6-3-2-4-7-17)22-23(25-28-14-5-15-29-25)31-24(30-22)18-8-11-20(27)12-9-18/h2-9,11-12,14-15,19,21H,10,13,16H2,1H3,(H,30,31)/t19-,21-/m1/s1. The third kappa shape index (κ3) is 4.39. The number of amides is 1. The van der Waals surface area contributed by atoms with Crippen LogP contribution in [-0.2, 0) is 4.74 Å². The molecule has 7 nitrogen and oxygen atoms in total. The molecular formula is C26H24ClN5O2. The van der Waals surface area contributed by atoms with E-state index in [1.165, 1.54) is 7.11 Å². The van der Waals surface area contributed by atoms with Crippen molar-refractivity contribution >= 4 is 17.7 Å².